The minimum atomic E-state index is 0.687. The third-order valence-electron chi connectivity index (χ3n) is 4.65. The molecule has 1 heterocycles. The minimum absolute atomic E-state index is 0.687. The average molecular weight is 310 g/mol. The van der Waals surface area contributed by atoms with Gasteiger partial charge in [-0.15, -0.1) is 0 Å². The maximum Gasteiger partial charge on any atom is 0.103 e. The first kappa shape index (κ1) is 16.0. The first-order valence-corrected chi connectivity index (χ1v) is 8.80. The summed E-state index contributed by atoms with van der Waals surface area (Å²) in [6, 6.07) is 22.0. The quantitative estimate of drug-likeness (QED) is 0.682. The van der Waals surface area contributed by atoms with Gasteiger partial charge in [0, 0.05) is 43.2 Å². The normalized spacial score (nSPS) is 21.0. The zero-order chi connectivity index (χ0) is 15.7. The van der Waals surface area contributed by atoms with E-state index in [0.717, 1.165) is 13.1 Å². The van der Waals surface area contributed by atoms with E-state index in [1.807, 2.05) is 0 Å². The van der Waals surface area contributed by atoms with E-state index >= 15 is 0 Å². The molecule has 0 aromatic heterocycles. The van der Waals surface area contributed by atoms with Crippen LogP contribution in [0.25, 0.3) is 0 Å². The van der Waals surface area contributed by atoms with E-state index in [9.17, 15) is 0 Å². The number of hydrogen-bond donors (Lipinski definition) is 3. The van der Waals surface area contributed by atoms with Gasteiger partial charge in [-0.3, -0.25) is 0 Å². The summed E-state index contributed by atoms with van der Waals surface area (Å²) in [5.41, 5.74) is 2.66. The number of quaternary nitrogens is 1. The van der Waals surface area contributed by atoms with Gasteiger partial charge in [-0.05, 0) is 12.1 Å². The molecule has 0 spiro atoms. The minimum Gasteiger partial charge on any atom is -0.384 e. The van der Waals surface area contributed by atoms with E-state index in [2.05, 4.69) is 71.3 Å². The lowest BCUT2D eigenvalue weighted by Gasteiger charge is -2.30. The summed E-state index contributed by atoms with van der Waals surface area (Å²) in [6.45, 7) is 5.75. The topological polar surface area (TPSA) is 28.5 Å². The highest BCUT2D eigenvalue weighted by molar-refractivity contribution is 5.42. The van der Waals surface area contributed by atoms with Gasteiger partial charge in [0.05, 0.1) is 13.1 Å². The van der Waals surface area contributed by atoms with E-state index in [1.54, 1.807) is 4.90 Å². The van der Waals surface area contributed by atoms with Gasteiger partial charge in [0.1, 0.15) is 6.54 Å². The molecular weight excluding hydrogens is 282 g/mol. The molecule has 0 saturated carbocycles. The third kappa shape index (κ3) is 5.38. The molecule has 1 aliphatic heterocycles. The summed E-state index contributed by atoms with van der Waals surface area (Å²) in [5.74, 6) is 0. The molecule has 1 saturated heterocycles. The number of nitrogens with one attached hydrogen (secondary N) is 3. The molecule has 0 bridgehead atoms. The van der Waals surface area contributed by atoms with E-state index < -0.39 is 0 Å². The van der Waals surface area contributed by atoms with Crippen molar-refractivity contribution in [3.05, 3.63) is 66.2 Å². The smallest absolute Gasteiger partial charge is 0.103 e. The molecule has 1 aliphatic rings. The first-order chi connectivity index (χ1) is 11.4. The van der Waals surface area contributed by atoms with Crippen molar-refractivity contribution in [2.24, 2.45) is 0 Å². The molecular formula is C20H28N3+. The zero-order valence-corrected chi connectivity index (χ0v) is 13.8. The predicted octanol–water partition coefficient (Wildman–Crippen LogP) is 1.94. The Bertz CT molecular complexity index is 545. The second-order valence-corrected chi connectivity index (χ2v) is 6.43. The number of anilines is 1. The molecule has 3 heteroatoms. The fourth-order valence-corrected chi connectivity index (χ4v) is 3.33. The van der Waals surface area contributed by atoms with Crippen molar-refractivity contribution < 1.29 is 4.90 Å². The van der Waals surface area contributed by atoms with Crippen LogP contribution in [0.4, 0.5) is 5.69 Å². The van der Waals surface area contributed by atoms with Crippen molar-refractivity contribution in [3.8, 4) is 0 Å². The molecule has 1 fully saturated rings. The van der Waals surface area contributed by atoms with E-state index in [1.165, 1.54) is 43.7 Å². The highest BCUT2D eigenvalue weighted by Gasteiger charge is 2.21. The number of likely N-dealkylation sites (tertiary alicyclic amines) is 1. The summed E-state index contributed by atoms with van der Waals surface area (Å²) in [5, 5.41) is 7.16. The maximum atomic E-state index is 3.70. The van der Waals surface area contributed by atoms with Crippen molar-refractivity contribution >= 4 is 5.69 Å². The van der Waals surface area contributed by atoms with Crippen molar-refractivity contribution in [2.45, 2.75) is 25.4 Å². The Labute approximate surface area is 139 Å². The van der Waals surface area contributed by atoms with Gasteiger partial charge in [-0.25, -0.2) is 0 Å². The lowest BCUT2D eigenvalue weighted by atomic mass is 10.0. The molecule has 3 N–H and O–H groups in total. The molecule has 2 aromatic carbocycles. The summed E-state index contributed by atoms with van der Waals surface area (Å²) >= 11 is 0. The van der Waals surface area contributed by atoms with Crippen LogP contribution in [0.2, 0.25) is 0 Å². The molecule has 3 rings (SSSR count). The molecule has 2 aromatic rings. The van der Waals surface area contributed by atoms with Crippen LogP contribution in [0.1, 0.15) is 18.4 Å². The van der Waals surface area contributed by atoms with Crippen LogP contribution in [0.15, 0.2) is 60.7 Å². The first-order valence-electron chi connectivity index (χ1n) is 8.80. The van der Waals surface area contributed by atoms with Gasteiger partial charge in [0.25, 0.3) is 0 Å². The van der Waals surface area contributed by atoms with Crippen LogP contribution < -0.4 is 15.5 Å². The molecule has 0 amide bonds. The lowest BCUT2D eigenvalue weighted by Crippen LogP contribution is -3.12. The summed E-state index contributed by atoms with van der Waals surface area (Å²) in [7, 11) is 0. The van der Waals surface area contributed by atoms with Crippen LogP contribution >= 0.6 is 0 Å². The summed E-state index contributed by atoms with van der Waals surface area (Å²) in [4.78, 5) is 1.72. The van der Waals surface area contributed by atoms with E-state index in [-0.39, 0.29) is 0 Å². The van der Waals surface area contributed by atoms with Crippen LogP contribution in [0.5, 0.6) is 0 Å². The van der Waals surface area contributed by atoms with Gasteiger partial charge in [-0.2, -0.15) is 0 Å². The second-order valence-electron chi connectivity index (χ2n) is 6.43. The van der Waals surface area contributed by atoms with Gasteiger partial charge >= 0.3 is 0 Å². The Balaban J connectivity index is 1.30. The molecule has 0 radical (unpaired) electrons. The molecule has 0 unspecified atom stereocenters. The van der Waals surface area contributed by atoms with Gasteiger partial charge in [0.2, 0.25) is 0 Å². The second kappa shape index (κ2) is 8.70. The third-order valence-corrected chi connectivity index (χ3v) is 4.65. The lowest BCUT2D eigenvalue weighted by molar-refractivity contribution is -0.918. The molecule has 3 nitrogen and oxygen atoms in total. The van der Waals surface area contributed by atoms with Crippen molar-refractivity contribution in [2.75, 3.05) is 31.5 Å². The number of piperidine rings is 1. The average Bonchev–Trinajstić information content (AvgIpc) is 2.62. The number of rotatable bonds is 7. The van der Waals surface area contributed by atoms with E-state index in [0.29, 0.717) is 6.04 Å². The number of hydrogen-bond acceptors (Lipinski definition) is 2. The fraction of sp³-hybridized carbons (Fsp3) is 0.400. The summed E-state index contributed by atoms with van der Waals surface area (Å²) < 4.78 is 0. The number of para-hydroxylation sites is 1. The Morgan fingerprint density at radius 2 is 1.48 bits per heavy atom. The van der Waals surface area contributed by atoms with Crippen molar-refractivity contribution in [1.29, 1.82) is 0 Å². The number of benzene rings is 2. The van der Waals surface area contributed by atoms with Gasteiger partial charge < -0.3 is 15.5 Å². The zero-order valence-electron chi connectivity index (χ0n) is 13.8. The highest BCUT2D eigenvalue weighted by Crippen LogP contribution is 2.04. The van der Waals surface area contributed by atoms with Gasteiger partial charge in [-0.1, -0.05) is 48.5 Å². The Morgan fingerprint density at radius 3 is 2.17 bits per heavy atom. The van der Waals surface area contributed by atoms with Crippen LogP contribution in [-0.4, -0.2) is 32.2 Å². The molecule has 23 heavy (non-hydrogen) atoms. The van der Waals surface area contributed by atoms with Crippen LogP contribution in [-0.2, 0) is 6.54 Å². The highest BCUT2D eigenvalue weighted by atomic mass is 15.1. The predicted molar refractivity (Wildman–Crippen MR) is 96.8 cm³/mol. The largest absolute Gasteiger partial charge is 0.384 e. The molecule has 122 valence electrons. The summed E-state index contributed by atoms with van der Waals surface area (Å²) in [6.07, 6.45) is 2.57. The molecule has 0 aliphatic carbocycles. The van der Waals surface area contributed by atoms with Crippen LogP contribution in [0, 0.1) is 0 Å². The molecule has 0 atom stereocenters. The van der Waals surface area contributed by atoms with Crippen LogP contribution in [0.3, 0.4) is 0 Å². The standard InChI is InChI=1S/C20H27N3/c1-3-7-18(8-4-1)17-23-15-11-20(12-16-23)22-14-13-21-19-9-5-2-6-10-19/h1-10,20-22H,11-17H2/p+1. The maximum absolute atomic E-state index is 3.70. The van der Waals surface area contributed by atoms with Crippen molar-refractivity contribution in [3.63, 3.8) is 0 Å². The fourth-order valence-electron chi connectivity index (χ4n) is 3.33. The van der Waals surface area contributed by atoms with E-state index in [4.69, 9.17) is 0 Å². The SMILES string of the molecule is c1ccc(C[NH+]2CCC(NCCNc3ccccc3)CC2)cc1. The van der Waals surface area contributed by atoms with Crippen molar-refractivity contribution in [1.82, 2.24) is 5.32 Å². The monoisotopic (exact) mass is 310 g/mol. The van der Waals surface area contributed by atoms with Gasteiger partial charge in [0.15, 0.2) is 0 Å². The Morgan fingerprint density at radius 1 is 0.826 bits per heavy atom. The Hall–Kier alpha value is -1.84. The Kier molecular flexibility index (Phi) is 6.07.